The van der Waals surface area contributed by atoms with E-state index in [-0.39, 0.29) is 16.3 Å². The molecule has 0 bridgehead atoms. The number of carbonyl (C=O) groups excluding carboxylic acids is 1. The van der Waals surface area contributed by atoms with Crippen molar-refractivity contribution in [3.63, 3.8) is 0 Å². The Morgan fingerprint density at radius 1 is 1.03 bits per heavy atom. The summed E-state index contributed by atoms with van der Waals surface area (Å²) in [5, 5.41) is 11.7. The molecule has 176 valence electrons. The Morgan fingerprint density at radius 3 is 2.38 bits per heavy atom. The molecule has 1 amide bonds. The molecule has 0 aliphatic carbocycles. The molecule has 3 aromatic carbocycles. The van der Waals surface area contributed by atoms with E-state index in [0.717, 1.165) is 0 Å². The van der Waals surface area contributed by atoms with Gasteiger partial charge in [-0.3, -0.25) is 4.79 Å². The van der Waals surface area contributed by atoms with Crippen LogP contribution in [0.5, 0.6) is 11.5 Å². The van der Waals surface area contributed by atoms with Gasteiger partial charge >= 0.3 is 0 Å². The van der Waals surface area contributed by atoms with Gasteiger partial charge < -0.3 is 10.1 Å². The van der Waals surface area contributed by atoms with E-state index >= 15 is 0 Å². The molecule has 34 heavy (non-hydrogen) atoms. The van der Waals surface area contributed by atoms with Crippen LogP contribution in [0, 0.1) is 11.3 Å². The first-order valence-electron chi connectivity index (χ1n) is 10.7. The highest BCUT2D eigenvalue weighted by Gasteiger charge is 2.24. The molecule has 7 nitrogen and oxygen atoms in total. The summed E-state index contributed by atoms with van der Waals surface area (Å²) in [5.41, 5.74) is 0.604. The molecule has 1 N–H and O–H groups in total. The number of thioether (sulfide) groups is 1. The number of sulfonamides is 1. The normalized spacial score (nSPS) is 11.1. The summed E-state index contributed by atoms with van der Waals surface area (Å²) in [6, 6.07) is 22.4. The summed E-state index contributed by atoms with van der Waals surface area (Å²) in [4.78, 5) is 13.9. The number of rotatable bonds is 10. The van der Waals surface area contributed by atoms with Crippen LogP contribution >= 0.6 is 11.8 Å². The van der Waals surface area contributed by atoms with E-state index in [1.807, 2.05) is 18.2 Å². The Labute approximate surface area is 204 Å². The van der Waals surface area contributed by atoms with Crippen molar-refractivity contribution in [2.45, 2.75) is 23.6 Å². The van der Waals surface area contributed by atoms with Gasteiger partial charge in [-0.25, -0.2) is 8.42 Å². The van der Waals surface area contributed by atoms with E-state index in [2.05, 4.69) is 11.4 Å². The lowest BCUT2D eigenvalue weighted by atomic mass is 10.2. The number of nitrogens with zero attached hydrogens (tertiary/aromatic N) is 2. The molecule has 0 saturated heterocycles. The second-order valence-corrected chi connectivity index (χ2v) is 10.0. The third kappa shape index (κ3) is 5.97. The Morgan fingerprint density at radius 2 is 1.71 bits per heavy atom. The lowest BCUT2D eigenvalue weighted by Gasteiger charge is -2.20. The SMILES string of the molecule is CCN(CC)S(=O)(=O)c1ccc(Oc2ccccc2)c(NC(=O)c2ccccc2SCC#N)c1. The van der Waals surface area contributed by atoms with Crippen LogP contribution in [0.3, 0.4) is 0 Å². The summed E-state index contributed by atoms with van der Waals surface area (Å²) >= 11 is 1.25. The number of hydrogen-bond acceptors (Lipinski definition) is 6. The number of amides is 1. The predicted molar refractivity (Wildman–Crippen MR) is 134 cm³/mol. The molecule has 0 radical (unpaired) electrons. The van der Waals surface area contributed by atoms with E-state index in [1.54, 1.807) is 50.2 Å². The van der Waals surface area contributed by atoms with Crippen molar-refractivity contribution in [2.24, 2.45) is 0 Å². The average molecular weight is 496 g/mol. The number of benzene rings is 3. The predicted octanol–water partition coefficient (Wildman–Crippen LogP) is 5.38. The number of ether oxygens (including phenoxy) is 1. The van der Waals surface area contributed by atoms with E-state index in [0.29, 0.717) is 35.0 Å². The van der Waals surface area contributed by atoms with Crippen LogP contribution in [-0.4, -0.2) is 37.5 Å². The maximum absolute atomic E-state index is 13.2. The maximum atomic E-state index is 13.2. The summed E-state index contributed by atoms with van der Waals surface area (Å²) in [6.07, 6.45) is 0. The van der Waals surface area contributed by atoms with Gasteiger partial charge in [-0.05, 0) is 42.5 Å². The van der Waals surface area contributed by atoms with Gasteiger partial charge in [0.15, 0.2) is 5.75 Å². The highest BCUT2D eigenvalue weighted by Crippen LogP contribution is 2.34. The molecular formula is C25H25N3O4S2. The Hall–Kier alpha value is -3.32. The fourth-order valence-electron chi connectivity index (χ4n) is 3.26. The van der Waals surface area contributed by atoms with E-state index in [9.17, 15) is 13.2 Å². The molecule has 0 saturated carbocycles. The van der Waals surface area contributed by atoms with Crippen LogP contribution in [0.4, 0.5) is 5.69 Å². The third-order valence-corrected chi connectivity index (χ3v) is 7.92. The zero-order valence-electron chi connectivity index (χ0n) is 18.9. The monoisotopic (exact) mass is 495 g/mol. The summed E-state index contributed by atoms with van der Waals surface area (Å²) in [6.45, 7) is 4.19. The number of anilines is 1. The highest BCUT2D eigenvalue weighted by atomic mass is 32.2. The largest absolute Gasteiger partial charge is 0.455 e. The van der Waals surface area contributed by atoms with E-state index < -0.39 is 15.9 Å². The summed E-state index contributed by atoms with van der Waals surface area (Å²) in [7, 11) is -3.75. The summed E-state index contributed by atoms with van der Waals surface area (Å²) in [5.74, 6) is 0.614. The smallest absolute Gasteiger partial charge is 0.256 e. The number of para-hydroxylation sites is 1. The minimum absolute atomic E-state index is 0.0547. The molecule has 0 fully saturated rings. The van der Waals surface area contributed by atoms with Crippen LogP contribution in [0.15, 0.2) is 82.6 Å². The second kappa shape index (κ2) is 11.7. The third-order valence-electron chi connectivity index (χ3n) is 4.94. The maximum Gasteiger partial charge on any atom is 0.256 e. The molecule has 0 heterocycles. The second-order valence-electron chi connectivity index (χ2n) is 7.06. The molecule has 3 aromatic rings. The van der Waals surface area contributed by atoms with Crippen molar-refractivity contribution in [1.82, 2.24) is 4.31 Å². The van der Waals surface area contributed by atoms with E-state index in [4.69, 9.17) is 10.00 Å². The van der Waals surface area contributed by atoms with Gasteiger partial charge in [0.25, 0.3) is 5.91 Å². The molecule has 0 aliphatic rings. The Kier molecular flexibility index (Phi) is 8.71. The van der Waals surface area contributed by atoms with Crippen LogP contribution < -0.4 is 10.1 Å². The van der Waals surface area contributed by atoms with Gasteiger partial charge in [0.2, 0.25) is 10.0 Å². The van der Waals surface area contributed by atoms with Crippen molar-refractivity contribution in [3.05, 3.63) is 78.4 Å². The first-order chi connectivity index (χ1) is 16.4. The highest BCUT2D eigenvalue weighted by molar-refractivity contribution is 7.99. The molecule has 0 spiro atoms. The van der Waals surface area contributed by atoms with Crippen LogP contribution in [0.2, 0.25) is 0 Å². The molecule has 0 atom stereocenters. The van der Waals surface area contributed by atoms with Crippen LogP contribution in [-0.2, 0) is 10.0 Å². The van der Waals surface area contributed by atoms with Gasteiger partial charge in [-0.2, -0.15) is 9.57 Å². The minimum atomic E-state index is -3.75. The van der Waals surface area contributed by atoms with E-state index in [1.165, 1.54) is 34.3 Å². The van der Waals surface area contributed by atoms with Crippen molar-refractivity contribution in [1.29, 1.82) is 5.26 Å². The number of nitriles is 1. The molecule has 0 aliphatic heterocycles. The van der Waals surface area contributed by atoms with Gasteiger partial charge in [-0.1, -0.05) is 44.2 Å². The van der Waals surface area contributed by atoms with Crippen molar-refractivity contribution >= 4 is 33.4 Å². The minimum Gasteiger partial charge on any atom is -0.455 e. The number of nitrogens with one attached hydrogen (secondary N) is 1. The molecule has 0 aromatic heterocycles. The first kappa shape index (κ1) is 25.3. The zero-order valence-corrected chi connectivity index (χ0v) is 20.5. The lowest BCUT2D eigenvalue weighted by molar-refractivity contribution is 0.102. The topological polar surface area (TPSA) is 99.5 Å². The molecular weight excluding hydrogens is 470 g/mol. The zero-order chi connectivity index (χ0) is 24.6. The average Bonchev–Trinajstić information content (AvgIpc) is 2.85. The molecule has 9 heteroatoms. The van der Waals surface area contributed by atoms with Crippen molar-refractivity contribution in [2.75, 3.05) is 24.2 Å². The standard InChI is InChI=1S/C25H25N3O4S2/c1-3-28(4-2)34(30,31)20-14-15-23(32-19-10-6-5-7-11-19)22(18-20)27-25(29)21-12-8-9-13-24(21)33-17-16-26/h5-15,18H,3-4,17H2,1-2H3,(H,27,29). The lowest BCUT2D eigenvalue weighted by Crippen LogP contribution is -2.30. The van der Waals surface area contributed by atoms with Crippen molar-refractivity contribution in [3.8, 4) is 17.6 Å². The van der Waals surface area contributed by atoms with Gasteiger partial charge in [-0.15, -0.1) is 11.8 Å². The fourth-order valence-corrected chi connectivity index (χ4v) is 5.46. The van der Waals surface area contributed by atoms with Crippen LogP contribution in [0.1, 0.15) is 24.2 Å². The van der Waals surface area contributed by atoms with Gasteiger partial charge in [0.1, 0.15) is 5.75 Å². The fraction of sp³-hybridized carbons (Fsp3) is 0.200. The number of carbonyl (C=O) groups is 1. The van der Waals surface area contributed by atoms with Crippen molar-refractivity contribution < 1.29 is 17.9 Å². The quantitative estimate of drug-likeness (QED) is 0.379. The Bertz CT molecular complexity index is 1290. The molecule has 0 unspecified atom stereocenters. The van der Waals surface area contributed by atoms with Gasteiger partial charge in [0, 0.05) is 18.0 Å². The Balaban J connectivity index is 2.02. The van der Waals surface area contributed by atoms with Gasteiger partial charge in [0.05, 0.1) is 28.0 Å². The first-order valence-corrected chi connectivity index (χ1v) is 13.1. The van der Waals surface area contributed by atoms with Crippen LogP contribution in [0.25, 0.3) is 0 Å². The number of hydrogen-bond donors (Lipinski definition) is 1. The summed E-state index contributed by atoms with van der Waals surface area (Å²) < 4.78 is 33.5. The molecule has 3 rings (SSSR count).